The summed E-state index contributed by atoms with van der Waals surface area (Å²) in [6, 6.07) is 15.5. The van der Waals surface area contributed by atoms with Gasteiger partial charge in [0.1, 0.15) is 5.75 Å². The number of rotatable bonds is 5. The number of nitrogens with two attached hydrogens (primary N) is 1. The summed E-state index contributed by atoms with van der Waals surface area (Å²) >= 11 is 0. The van der Waals surface area contributed by atoms with Crippen LogP contribution in [-0.2, 0) is 0 Å². The molecule has 3 rings (SSSR count). The first-order valence-corrected chi connectivity index (χ1v) is 8.63. The molecule has 3 N–H and O–H groups in total. The lowest BCUT2D eigenvalue weighted by atomic mass is 10.1. The molecule has 132 valence electrons. The van der Waals surface area contributed by atoms with Crippen LogP contribution in [0.3, 0.4) is 0 Å². The standard InChI is InChI=1S/C20H25N3O2/c1-14-10-15(12-21)13-23(14)20(24)18-8-3-4-9-19(18)22-16-6-5-7-17(11-16)25-2/h3-9,11,14-15,22H,10,12-13,21H2,1-2H3. The van der Waals surface area contributed by atoms with Gasteiger partial charge in [-0.1, -0.05) is 18.2 Å². The van der Waals surface area contributed by atoms with Crippen LogP contribution in [0.5, 0.6) is 5.75 Å². The van der Waals surface area contributed by atoms with Crippen LogP contribution in [0, 0.1) is 5.92 Å². The Labute approximate surface area is 148 Å². The number of hydrogen-bond acceptors (Lipinski definition) is 4. The quantitative estimate of drug-likeness (QED) is 0.877. The number of methoxy groups -OCH3 is 1. The van der Waals surface area contributed by atoms with Gasteiger partial charge in [-0.15, -0.1) is 0 Å². The number of ether oxygens (including phenoxy) is 1. The highest BCUT2D eigenvalue weighted by Gasteiger charge is 2.32. The number of benzene rings is 2. The van der Waals surface area contributed by atoms with E-state index in [1.54, 1.807) is 7.11 Å². The van der Waals surface area contributed by atoms with Crippen molar-refractivity contribution >= 4 is 17.3 Å². The normalized spacial score (nSPS) is 19.7. The Hall–Kier alpha value is -2.53. The molecule has 2 aromatic carbocycles. The molecule has 5 nitrogen and oxygen atoms in total. The SMILES string of the molecule is COc1cccc(Nc2ccccc2C(=O)N2CC(CN)CC2C)c1. The van der Waals surface area contributed by atoms with Crippen molar-refractivity contribution in [3.05, 3.63) is 54.1 Å². The molecule has 2 atom stereocenters. The van der Waals surface area contributed by atoms with Crippen LogP contribution in [0.15, 0.2) is 48.5 Å². The number of nitrogens with zero attached hydrogens (tertiary/aromatic N) is 1. The molecule has 2 unspecified atom stereocenters. The van der Waals surface area contributed by atoms with E-state index >= 15 is 0 Å². The van der Waals surface area contributed by atoms with Gasteiger partial charge in [0.2, 0.25) is 0 Å². The summed E-state index contributed by atoms with van der Waals surface area (Å²) in [5.74, 6) is 1.21. The first kappa shape index (κ1) is 17.3. The van der Waals surface area contributed by atoms with E-state index in [2.05, 4.69) is 12.2 Å². The molecule has 1 amide bonds. The summed E-state index contributed by atoms with van der Waals surface area (Å²) in [6.45, 7) is 3.44. The minimum Gasteiger partial charge on any atom is -0.497 e. The van der Waals surface area contributed by atoms with Crippen molar-refractivity contribution in [2.24, 2.45) is 11.7 Å². The summed E-state index contributed by atoms with van der Waals surface area (Å²) in [4.78, 5) is 15.0. The number of carbonyl (C=O) groups is 1. The minimum absolute atomic E-state index is 0.0504. The predicted molar refractivity (Wildman–Crippen MR) is 100 cm³/mol. The summed E-state index contributed by atoms with van der Waals surface area (Å²) in [5, 5.41) is 3.34. The maximum atomic E-state index is 13.1. The predicted octanol–water partition coefficient (Wildman–Crippen LogP) is 3.25. The number of nitrogens with one attached hydrogen (secondary N) is 1. The van der Waals surface area contributed by atoms with E-state index in [4.69, 9.17) is 10.5 Å². The molecule has 2 aromatic rings. The second-order valence-electron chi connectivity index (χ2n) is 6.55. The van der Waals surface area contributed by atoms with Gasteiger partial charge >= 0.3 is 0 Å². The Balaban J connectivity index is 1.84. The second kappa shape index (κ2) is 7.57. The number of hydrogen-bond donors (Lipinski definition) is 2. The molecule has 1 saturated heterocycles. The van der Waals surface area contributed by atoms with Gasteiger partial charge in [-0.25, -0.2) is 0 Å². The largest absolute Gasteiger partial charge is 0.497 e. The number of amides is 1. The molecule has 1 aliphatic heterocycles. The molecule has 0 radical (unpaired) electrons. The van der Waals surface area contributed by atoms with E-state index in [-0.39, 0.29) is 11.9 Å². The van der Waals surface area contributed by atoms with Crippen LogP contribution < -0.4 is 15.8 Å². The van der Waals surface area contributed by atoms with Crippen molar-refractivity contribution < 1.29 is 9.53 Å². The third-order valence-corrected chi connectivity index (χ3v) is 4.76. The van der Waals surface area contributed by atoms with Crippen molar-refractivity contribution in [1.82, 2.24) is 4.90 Å². The van der Waals surface area contributed by atoms with Crippen molar-refractivity contribution in [2.45, 2.75) is 19.4 Å². The molecule has 25 heavy (non-hydrogen) atoms. The summed E-state index contributed by atoms with van der Waals surface area (Å²) in [6.07, 6.45) is 0.966. The van der Waals surface area contributed by atoms with Crippen molar-refractivity contribution in [3.8, 4) is 5.75 Å². The van der Waals surface area contributed by atoms with Crippen LogP contribution in [0.1, 0.15) is 23.7 Å². The van der Waals surface area contributed by atoms with E-state index < -0.39 is 0 Å². The first-order chi connectivity index (χ1) is 12.1. The Bertz CT molecular complexity index is 747. The number of anilines is 2. The maximum Gasteiger partial charge on any atom is 0.256 e. The van der Waals surface area contributed by atoms with E-state index in [0.717, 1.165) is 30.1 Å². The van der Waals surface area contributed by atoms with Gasteiger partial charge in [0, 0.05) is 24.3 Å². The van der Waals surface area contributed by atoms with E-state index in [1.807, 2.05) is 53.4 Å². The third kappa shape index (κ3) is 3.77. The van der Waals surface area contributed by atoms with Crippen LogP contribution in [0.2, 0.25) is 0 Å². The summed E-state index contributed by atoms with van der Waals surface area (Å²) in [5.41, 5.74) is 8.15. The molecule has 1 heterocycles. The summed E-state index contributed by atoms with van der Waals surface area (Å²) < 4.78 is 5.26. The average Bonchev–Trinajstić information content (AvgIpc) is 3.02. The summed E-state index contributed by atoms with van der Waals surface area (Å²) in [7, 11) is 1.64. The van der Waals surface area contributed by atoms with Gasteiger partial charge < -0.3 is 20.7 Å². The van der Waals surface area contributed by atoms with E-state index in [0.29, 0.717) is 18.0 Å². The van der Waals surface area contributed by atoms with Gasteiger partial charge in [-0.3, -0.25) is 4.79 Å². The Morgan fingerprint density at radius 2 is 2.08 bits per heavy atom. The van der Waals surface area contributed by atoms with Gasteiger partial charge in [-0.05, 0) is 50.1 Å². The Morgan fingerprint density at radius 3 is 2.80 bits per heavy atom. The highest BCUT2D eigenvalue weighted by atomic mass is 16.5. The lowest BCUT2D eigenvalue weighted by molar-refractivity contribution is 0.0744. The zero-order valence-corrected chi connectivity index (χ0v) is 14.7. The lowest BCUT2D eigenvalue weighted by Gasteiger charge is -2.23. The average molecular weight is 339 g/mol. The molecule has 0 spiro atoms. The fourth-order valence-electron chi connectivity index (χ4n) is 3.39. The van der Waals surface area contributed by atoms with Crippen molar-refractivity contribution in [3.63, 3.8) is 0 Å². The van der Waals surface area contributed by atoms with E-state index in [9.17, 15) is 4.79 Å². The number of carbonyl (C=O) groups excluding carboxylic acids is 1. The third-order valence-electron chi connectivity index (χ3n) is 4.76. The highest BCUT2D eigenvalue weighted by Crippen LogP contribution is 2.28. The molecule has 0 saturated carbocycles. The van der Waals surface area contributed by atoms with Gasteiger partial charge in [0.25, 0.3) is 5.91 Å². The fraction of sp³-hybridized carbons (Fsp3) is 0.350. The molecular weight excluding hydrogens is 314 g/mol. The maximum absolute atomic E-state index is 13.1. The highest BCUT2D eigenvalue weighted by molar-refractivity contribution is 6.00. The van der Waals surface area contributed by atoms with Gasteiger partial charge in [-0.2, -0.15) is 0 Å². The topological polar surface area (TPSA) is 67.6 Å². The minimum atomic E-state index is 0.0504. The van der Waals surface area contributed by atoms with Crippen LogP contribution in [0.25, 0.3) is 0 Å². The van der Waals surface area contributed by atoms with Crippen LogP contribution in [0.4, 0.5) is 11.4 Å². The number of likely N-dealkylation sites (tertiary alicyclic amines) is 1. The smallest absolute Gasteiger partial charge is 0.256 e. The zero-order chi connectivity index (χ0) is 17.8. The van der Waals surface area contributed by atoms with Gasteiger partial charge in [0.15, 0.2) is 0 Å². The van der Waals surface area contributed by atoms with Crippen molar-refractivity contribution in [2.75, 3.05) is 25.5 Å². The number of para-hydroxylation sites is 1. The van der Waals surface area contributed by atoms with Gasteiger partial charge in [0.05, 0.1) is 18.4 Å². The molecule has 0 bridgehead atoms. The zero-order valence-electron chi connectivity index (χ0n) is 14.7. The molecule has 1 aliphatic rings. The molecule has 0 aliphatic carbocycles. The fourth-order valence-corrected chi connectivity index (χ4v) is 3.39. The molecule has 5 heteroatoms. The molecule has 0 aromatic heterocycles. The monoisotopic (exact) mass is 339 g/mol. The first-order valence-electron chi connectivity index (χ1n) is 8.63. The molecule has 1 fully saturated rings. The van der Waals surface area contributed by atoms with Crippen LogP contribution >= 0.6 is 0 Å². The van der Waals surface area contributed by atoms with Crippen molar-refractivity contribution in [1.29, 1.82) is 0 Å². The molecular formula is C20H25N3O2. The lowest BCUT2D eigenvalue weighted by Crippen LogP contribution is -2.34. The Kier molecular flexibility index (Phi) is 5.24. The van der Waals surface area contributed by atoms with Crippen LogP contribution in [-0.4, -0.2) is 37.0 Å². The van der Waals surface area contributed by atoms with E-state index in [1.165, 1.54) is 0 Å². The second-order valence-corrected chi connectivity index (χ2v) is 6.55. The Morgan fingerprint density at radius 1 is 1.28 bits per heavy atom.